The van der Waals surface area contributed by atoms with Gasteiger partial charge in [-0.25, -0.2) is 0 Å². The minimum atomic E-state index is -0.190. The molecule has 0 aliphatic carbocycles. The van der Waals surface area contributed by atoms with Crippen LogP contribution in [0.15, 0.2) is 35.1 Å². The second-order valence-electron chi connectivity index (χ2n) is 5.69. The normalized spacial score (nSPS) is 21.8. The maximum Gasteiger partial charge on any atom is 0.276 e. The number of carbonyl (C=O) groups excluding carboxylic acids is 1. The largest absolute Gasteiger partial charge is 0.394 e. The second-order valence-corrected chi connectivity index (χ2v) is 5.69. The number of nitrogens with zero attached hydrogens (tertiary/aromatic N) is 3. The van der Waals surface area contributed by atoms with Crippen molar-refractivity contribution in [2.45, 2.75) is 25.8 Å². The lowest BCUT2D eigenvalue weighted by Gasteiger charge is -2.38. The average Bonchev–Trinajstić information content (AvgIpc) is 3.05. The number of rotatable bonds is 3. The first kappa shape index (κ1) is 14.7. The molecule has 0 spiro atoms. The van der Waals surface area contributed by atoms with Crippen molar-refractivity contribution in [1.82, 2.24) is 15.0 Å². The van der Waals surface area contributed by atoms with E-state index in [0.717, 1.165) is 18.4 Å². The first-order valence-electron chi connectivity index (χ1n) is 7.49. The fourth-order valence-corrected chi connectivity index (χ4v) is 2.95. The first-order chi connectivity index (χ1) is 10.7. The fourth-order valence-electron chi connectivity index (χ4n) is 2.95. The number of carbonyl (C=O) groups is 1. The van der Waals surface area contributed by atoms with Crippen LogP contribution in [0.1, 0.15) is 30.3 Å². The molecule has 6 heteroatoms. The maximum absolute atomic E-state index is 12.6. The summed E-state index contributed by atoms with van der Waals surface area (Å²) >= 11 is 0. The standard InChI is InChI=1S/C16H19N3O3/c1-11-4-3-7-19(14(11)10-20)16(21)13-8-15(22-18-13)12-5-2-6-17-9-12/h2,5-6,8-9,11,14,20H,3-4,7,10H2,1H3. The Hall–Kier alpha value is -2.21. The molecule has 1 aliphatic heterocycles. The van der Waals surface area contributed by atoms with E-state index < -0.39 is 0 Å². The summed E-state index contributed by atoms with van der Waals surface area (Å²) in [5.74, 6) is 0.610. The Morgan fingerprint density at radius 2 is 2.41 bits per heavy atom. The number of amides is 1. The van der Waals surface area contributed by atoms with Crippen LogP contribution in [-0.4, -0.2) is 45.2 Å². The Morgan fingerprint density at radius 1 is 1.55 bits per heavy atom. The van der Waals surface area contributed by atoms with E-state index in [-0.39, 0.29) is 30.2 Å². The van der Waals surface area contributed by atoms with Crippen LogP contribution >= 0.6 is 0 Å². The number of pyridine rings is 1. The molecule has 22 heavy (non-hydrogen) atoms. The molecule has 0 radical (unpaired) electrons. The molecule has 2 unspecified atom stereocenters. The molecule has 1 N–H and O–H groups in total. The lowest BCUT2D eigenvalue weighted by atomic mass is 9.91. The van der Waals surface area contributed by atoms with E-state index in [0.29, 0.717) is 12.3 Å². The van der Waals surface area contributed by atoms with E-state index in [2.05, 4.69) is 17.1 Å². The van der Waals surface area contributed by atoms with Crippen LogP contribution in [0.25, 0.3) is 11.3 Å². The second kappa shape index (κ2) is 6.27. The molecule has 3 rings (SSSR count). The number of aromatic nitrogens is 2. The van der Waals surface area contributed by atoms with Gasteiger partial charge in [-0.3, -0.25) is 9.78 Å². The molecule has 2 aromatic heterocycles. The van der Waals surface area contributed by atoms with Gasteiger partial charge in [0.05, 0.1) is 12.6 Å². The summed E-state index contributed by atoms with van der Waals surface area (Å²) in [7, 11) is 0. The maximum atomic E-state index is 12.6. The van der Waals surface area contributed by atoms with E-state index in [9.17, 15) is 9.90 Å². The molecule has 116 valence electrons. The average molecular weight is 301 g/mol. The molecular weight excluding hydrogens is 282 g/mol. The molecule has 0 saturated carbocycles. The minimum Gasteiger partial charge on any atom is -0.394 e. The quantitative estimate of drug-likeness (QED) is 0.937. The topological polar surface area (TPSA) is 79.5 Å². The highest BCUT2D eigenvalue weighted by atomic mass is 16.5. The van der Waals surface area contributed by atoms with Crippen molar-refractivity contribution >= 4 is 5.91 Å². The van der Waals surface area contributed by atoms with Gasteiger partial charge in [0.25, 0.3) is 5.91 Å². The van der Waals surface area contributed by atoms with Gasteiger partial charge in [0.2, 0.25) is 0 Å². The third-order valence-electron chi connectivity index (χ3n) is 4.24. The van der Waals surface area contributed by atoms with E-state index in [1.54, 1.807) is 29.4 Å². The van der Waals surface area contributed by atoms with E-state index in [1.807, 2.05) is 6.07 Å². The van der Waals surface area contributed by atoms with Crippen molar-refractivity contribution in [1.29, 1.82) is 0 Å². The fraction of sp³-hybridized carbons (Fsp3) is 0.438. The molecule has 1 fully saturated rings. The molecule has 0 bridgehead atoms. The van der Waals surface area contributed by atoms with Gasteiger partial charge in [0, 0.05) is 30.6 Å². The van der Waals surface area contributed by atoms with E-state index in [4.69, 9.17) is 4.52 Å². The Labute approximate surface area is 128 Å². The van der Waals surface area contributed by atoms with Crippen LogP contribution in [0.2, 0.25) is 0 Å². The van der Waals surface area contributed by atoms with Gasteiger partial charge in [-0.15, -0.1) is 0 Å². The Balaban J connectivity index is 1.82. The molecule has 1 saturated heterocycles. The molecule has 0 aromatic carbocycles. The van der Waals surface area contributed by atoms with Crippen molar-refractivity contribution in [3.8, 4) is 11.3 Å². The van der Waals surface area contributed by atoms with Gasteiger partial charge >= 0.3 is 0 Å². The van der Waals surface area contributed by atoms with Crippen LogP contribution in [0.5, 0.6) is 0 Å². The molecule has 2 aromatic rings. The monoisotopic (exact) mass is 301 g/mol. The summed E-state index contributed by atoms with van der Waals surface area (Å²) in [4.78, 5) is 18.4. The van der Waals surface area contributed by atoms with Crippen LogP contribution in [0, 0.1) is 5.92 Å². The highest BCUT2D eigenvalue weighted by molar-refractivity contribution is 5.93. The summed E-state index contributed by atoms with van der Waals surface area (Å²) in [6, 6.07) is 5.13. The third-order valence-corrected chi connectivity index (χ3v) is 4.24. The SMILES string of the molecule is CC1CCCN(C(=O)c2cc(-c3cccnc3)on2)C1CO. The summed E-state index contributed by atoms with van der Waals surface area (Å²) in [6.07, 6.45) is 5.30. The van der Waals surface area contributed by atoms with E-state index in [1.165, 1.54) is 0 Å². The number of aliphatic hydroxyl groups excluding tert-OH is 1. The van der Waals surface area contributed by atoms with Gasteiger partial charge in [-0.1, -0.05) is 12.1 Å². The zero-order chi connectivity index (χ0) is 15.5. The molecule has 1 amide bonds. The van der Waals surface area contributed by atoms with Gasteiger partial charge < -0.3 is 14.5 Å². The van der Waals surface area contributed by atoms with Crippen LogP contribution in [0.3, 0.4) is 0 Å². The smallest absolute Gasteiger partial charge is 0.276 e. The number of likely N-dealkylation sites (tertiary alicyclic amines) is 1. The summed E-state index contributed by atoms with van der Waals surface area (Å²) in [6.45, 7) is 2.67. The zero-order valence-electron chi connectivity index (χ0n) is 12.5. The van der Waals surface area contributed by atoms with Gasteiger partial charge in [0.1, 0.15) is 0 Å². The summed E-state index contributed by atoms with van der Waals surface area (Å²) < 4.78 is 5.26. The first-order valence-corrected chi connectivity index (χ1v) is 7.49. The minimum absolute atomic E-state index is 0.0276. The molecular formula is C16H19N3O3. The van der Waals surface area contributed by atoms with Gasteiger partial charge in [0.15, 0.2) is 11.5 Å². The predicted molar refractivity (Wildman–Crippen MR) is 80.0 cm³/mol. The Morgan fingerprint density at radius 3 is 3.14 bits per heavy atom. The Kier molecular flexibility index (Phi) is 4.20. The van der Waals surface area contributed by atoms with Gasteiger partial charge in [-0.2, -0.15) is 0 Å². The van der Waals surface area contributed by atoms with Crippen molar-refractivity contribution < 1.29 is 14.4 Å². The lowest BCUT2D eigenvalue weighted by Crippen LogP contribution is -2.49. The molecule has 3 heterocycles. The van der Waals surface area contributed by atoms with Crippen molar-refractivity contribution in [3.05, 3.63) is 36.3 Å². The number of hydrogen-bond donors (Lipinski definition) is 1. The molecule has 6 nitrogen and oxygen atoms in total. The highest BCUT2D eigenvalue weighted by Gasteiger charge is 2.33. The van der Waals surface area contributed by atoms with Crippen LogP contribution < -0.4 is 0 Å². The van der Waals surface area contributed by atoms with Crippen molar-refractivity contribution in [2.75, 3.05) is 13.2 Å². The molecule has 2 atom stereocenters. The van der Waals surface area contributed by atoms with Crippen LogP contribution in [0.4, 0.5) is 0 Å². The lowest BCUT2D eigenvalue weighted by molar-refractivity contribution is 0.0350. The van der Waals surface area contributed by atoms with Gasteiger partial charge in [-0.05, 0) is 30.9 Å². The van der Waals surface area contributed by atoms with E-state index >= 15 is 0 Å². The van der Waals surface area contributed by atoms with Crippen molar-refractivity contribution in [2.24, 2.45) is 5.92 Å². The Bertz CT molecular complexity index is 641. The van der Waals surface area contributed by atoms with Crippen LogP contribution in [-0.2, 0) is 0 Å². The third kappa shape index (κ3) is 2.74. The van der Waals surface area contributed by atoms with Crippen molar-refractivity contribution in [3.63, 3.8) is 0 Å². The predicted octanol–water partition coefficient (Wildman–Crippen LogP) is 1.97. The summed E-state index contributed by atoms with van der Waals surface area (Å²) in [5, 5.41) is 13.5. The highest BCUT2D eigenvalue weighted by Crippen LogP contribution is 2.26. The number of hydrogen-bond acceptors (Lipinski definition) is 5. The zero-order valence-corrected chi connectivity index (χ0v) is 12.5. The number of aliphatic hydroxyl groups is 1. The summed E-state index contributed by atoms with van der Waals surface area (Å²) in [5.41, 5.74) is 1.05. The number of piperidine rings is 1. The molecule has 1 aliphatic rings.